The highest BCUT2D eigenvalue weighted by molar-refractivity contribution is 6.01. The molecule has 3 heterocycles. The Hall–Kier alpha value is -3.67. The molecule has 0 saturated heterocycles. The maximum atomic E-state index is 12.1. The Kier molecular flexibility index (Phi) is 4.53. The molecule has 0 aliphatic carbocycles. The van der Waals surface area contributed by atoms with E-state index in [9.17, 15) is 9.59 Å². The van der Waals surface area contributed by atoms with E-state index in [0.29, 0.717) is 17.9 Å². The molecular weight excluding hydrogens is 340 g/mol. The predicted molar refractivity (Wildman–Crippen MR) is 104 cm³/mol. The lowest BCUT2D eigenvalue weighted by Gasteiger charge is -2.10. The zero-order chi connectivity index (χ0) is 18.6. The van der Waals surface area contributed by atoms with Gasteiger partial charge in [0, 0.05) is 42.2 Å². The van der Waals surface area contributed by atoms with Crippen molar-refractivity contribution in [2.24, 2.45) is 0 Å². The van der Waals surface area contributed by atoms with Crippen molar-refractivity contribution < 1.29 is 9.59 Å². The fraction of sp³-hybridized carbons (Fsp3) is 0.0952. The molecule has 1 aliphatic heterocycles. The maximum Gasteiger partial charge on any atom is 0.253 e. The third-order valence-electron chi connectivity index (χ3n) is 4.35. The van der Waals surface area contributed by atoms with Crippen molar-refractivity contribution in [1.82, 2.24) is 15.3 Å². The molecule has 4 rings (SSSR count). The van der Waals surface area contributed by atoms with Crippen LogP contribution in [0.4, 0.5) is 5.82 Å². The van der Waals surface area contributed by atoms with Crippen LogP contribution in [0.2, 0.25) is 0 Å². The van der Waals surface area contributed by atoms with Gasteiger partial charge in [-0.1, -0.05) is 30.3 Å². The Morgan fingerprint density at radius 1 is 1.15 bits per heavy atom. The second kappa shape index (κ2) is 7.29. The quantitative estimate of drug-likeness (QED) is 0.627. The van der Waals surface area contributed by atoms with Gasteiger partial charge in [-0.25, -0.2) is 4.98 Å². The normalized spacial score (nSPS) is 13.3. The van der Waals surface area contributed by atoms with Crippen LogP contribution in [0.25, 0.3) is 17.3 Å². The fourth-order valence-corrected chi connectivity index (χ4v) is 3.02. The minimum absolute atomic E-state index is 0.0626. The summed E-state index contributed by atoms with van der Waals surface area (Å²) < 4.78 is 0. The SMILES string of the molecule is O=C(C=Cc1ccccc1)Nc1cc(-c2cc3c([nH]2)CCNC3=O)ccn1. The van der Waals surface area contributed by atoms with Crippen LogP contribution in [0.15, 0.2) is 60.8 Å². The summed E-state index contributed by atoms with van der Waals surface area (Å²) in [4.78, 5) is 31.6. The van der Waals surface area contributed by atoms with Gasteiger partial charge in [0.25, 0.3) is 5.91 Å². The molecule has 0 bridgehead atoms. The van der Waals surface area contributed by atoms with Gasteiger partial charge >= 0.3 is 0 Å². The molecule has 0 unspecified atom stereocenters. The van der Waals surface area contributed by atoms with Crippen LogP contribution in [0.3, 0.4) is 0 Å². The average molecular weight is 358 g/mol. The van der Waals surface area contributed by atoms with Gasteiger partial charge in [-0.2, -0.15) is 0 Å². The van der Waals surface area contributed by atoms with E-state index in [2.05, 4.69) is 20.6 Å². The lowest BCUT2D eigenvalue weighted by Crippen LogP contribution is -2.31. The van der Waals surface area contributed by atoms with Crippen molar-refractivity contribution in [3.8, 4) is 11.3 Å². The van der Waals surface area contributed by atoms with E-state index >= 15 is 0 Å². The highest BCUT2D eigenvalue weighted by Gasteiger charge is 2.20. The number of aromatic nitrogens is 2. The van der Waals surface area contributed by atoms with Gasteiger partial charge in [-0.15, -0.1) is 0 Å². The number of nitrogens with one attached hydrogen (secondary N) is 3. The third kappa shape index (κ3) is 3.79. The number of carbonyl (C=O) groups is 2. The van der Waals surface area contributed by atoms with E-state index in [4.69, 9.17) is 0 Å². The number of hydrogen-bond donors (Lipinski definition) is 3. The second-order valence-electron chi connectivity index (χ2n) is 6.24. The number of anilines is 1. The molecule has 134 valence electrons. The van der Waals surface area contributed by atoms with Crippen molar-refractivity contribution in [3.05, 3.63) is 77.6 Å². The zero-order valence-corrected chi connectivity index (χ0v) is 14.5. The molecule has 0 saturated carbocycles. The lowest BCUT2D eigenvalue weighted by molar-refractivity contribution is -0.111. The predicted octanol–water partition coefficient (Wildman–Crippen LogP) is 3.01. The van der Waals surface area contributed by atoms with E-state index in [1.807, 2.05) is 42.5 Å². The summed E-state index contributed by atoms with van der Waals surface area (Å²) in [7, 11) is 0. The molecule has 1 aromatic carbocycles. The third-order valence-corrected chi connectivity index (χ3v) is 4.35. The van der Waals surface area contributed by atoms with E-state index in [1.165, 1.54) is 6.08 Å². The van der Waals surface area contributed by atoms with E-state index in [0.717, 1.165) is 28.9 Å². The van der Waals surface area contributed by atoms with Crippen LogP contribution >= 0.6 is 0 Å². The average Bonchev–Trinajstić information content (AvgIpc) is 3.13. The summed E-state index contributed by atoms with van der Waals surface area (Å²) in [5.41, 5.74) is 4.24. The van der Waals surface area contributed by atoms with Crippen LogP contribution in [0.1, 0.15) is 21.6 Å². The summed E-state index contributed by atoms with van der Waals surface area (Å²) >= 11 is 0. The van der Waals surface area contributed by atoms with Crippen LogP contribution in [0.5, 0.6) is 0 Å². The number of fused-ring (bicyclic) bond motifs is 1. The molecule has 6 nitrogen and oxygen atoms in total. The summed E-state index contributed by atoms with van der Waals surface area (Å²) in [6.45, 7) is 0.636. The van der Waals surface area contributed by atoms with Gasteiger partial charge in [0.15, 0.2) is 0 Å². The molecule has 3 aromatic rings. The summed E-state index contributed by atoms with van der Waals surface area (Å²) in [5, 5.41) is 5.59. The number of nitrogens with zero attached hydrogens (tertiary/aromatic N) is 1. The number of pyridine rings is 1. The number of hydrogen-bond acceptors (Lipinski definition) is 3. The fourth-order valence-electron chi connectivity index (χ4n) is 3.02. The Morgan fingerprint density at radius 2 is 2.00 bits per heavy atom. The van der Waals surface area contributed by atoms with Crippen LogP contribution in [-0.2, 0) is 11.2 Å². The molecule has 0 radical (unpaired) electrons. The molecule has 2 amide bonds. The molecule has 6 heteroatoms. The maximum absolute atomic E-state index is 12.1. The molecule has 2 aromatic heterocycles. The number of carbonyl (C=O) groups excluding carboxylic acids is 2. The zero-order valence-electron chi connectivity index (χ0n) is 14.5. The monoisotopic (exact) mass is 358 g/mol. The molecule has 27 heavy (non-hydrogen) atoms. The van der Waals surface area contributed by atoms with E-state index in [-0.39, 0.29) is 11.8 Å². The minimum Gasteiger partial charge on any atom is -0.358 e. The van der Waals surface area contributed by atoms with Crippen molar-refractivity contribution in [2.45, 2.75) is 6.42 Å². The van der Waals surface area contributed by atoms with E-state index < -0.39 is 0 Å². The molecule has 0 atom stereocenters. The number of amides is 2. The van der Waals surface area contributed by atoms with Gasteiger partial charge in [0.2, 0.25) is 5.91 Å². The first-order valence-corrected chi connectivity index (χ1v) is 8.70. The molecular formula is C21H18N4O2. The van der Waals surface area contributed by atoms with Crippen molar-refractivity contribution in [3.63, 3.8) is 0 Å². The molecule has 0 fully saturated rings. The summed E-state index contributed by atoms with van der Waals surface area (Å²) in [5.74, 6) is 0.133. The van der Waals surface area contributed by atoms with Crippen LogP contribution < -0.4 is 10.6 Å². The Balaban J connectivity index is 1.50. The first-order chi connectivity index (χ1) is 13.2. The highest BCUT2D eigenvalue weighted by Crippen LogP contribution is 2.25. The van der Waals surface area contributed by atoms with E-state index in [1.54, 1.807) is 18.3 Å². The van der Waals surface area contributed by atoms with Crippen molar-refractivity contribution in [2.75, 3.05) is 11.9 Å². The standard InChI is InChI=1S/C21H18N4O2/c26-20(7-6-14-4-2-1-3-5-14)25-19-12-15(8-10-22-19)18-13-16-17(24-18)9-11-23-21(16)27/h1-8,10,12-13,24H,9,11H2,(H,23,27)(H,22,25,26). The Bertz CT molecular complexity index is 1020. The molecule has 3 N–H and O–H groups in total. The molecule has 0 spiro atoms. The number of aromatic amines is 1. The first-order valence-electron chi connectivity index (χ1n) is 8.70. The Labute approximate surface area is 156 Å². The van der Waals surface area contributed by atoms with Crippen molar-refractivity contribution in [1.29, 1.82) is 0 Å². The van der Waals surface area contributed by atoms with Gasteiger partial charge in [0.1, 0.15) is 5.82 Å². The Morgan fingerprint density at radius 3 is 2.81 bits per heavy atom. The van der Waals surface area contributed by atoms with Gasteiger partial charge < -0.3 is 15.6 Å². The van der Waals surface area contributed by atoms with Gasteiger partial charge in [-0.3, -0.25) is 9.59 Å². The molecule has 1 aliphatic rings. The van der Waals surface area contributed by atoms with Gasteiger partial charge in [-0.05, 0) is 29.8 Å². The lowest BCUT2D eigenvalue weighted by atomic mass is 10.1. The minimum atomic E-state index is -0.256. The second-order valence-corrected chi connectivity index (χ2v) is 6.24. The largest absolute Gasteiger partial charge is 0.358 e. The summed E-state index contributed by atoms with van der Waals surface area (Å²) in [6.07, 6.45) is 5.63. The number of benzene rings is 1. The van der Waals surface area contributed by atoms with Crippen LogP contribution in [0, 0.1) is 0 Å². The van der Waals surface area contributed by atoms with Crippen molar-refractivity contribution >= 4 is 23.7 Å². The first kappa shape index (κ1) is 16.8. The smallest absolute Gasteiger partial charge is 0.253 e. The number of rotatable bonds is 4. The topological polar surface area (TPSA) is 86.9 Å². The number of H-pyrrole nitrogens is 1. The van der Waals surface area contributed by atoms with Gasteiger partial charge in [0.05, 0.1) is 5.56 Å². The highest BCUT2D eigenvalue weighted by atomic mass is 16.2. The van der Waals surface area contributed by atoms with Crippen LogP contribution in [-0.4, -0.2) is 28.3 Å². The summed E-state index contributed by atoms with van der Waals surface area (Å²) in [6, 6.07) is 15.1.